The van der Waals surface area contributed by atoms with E-state index in [0.29, 0.717) is 6.04 Å². The molecule has 142 valence electrons. The molecule has 2 rings (SSSR count). The van der Waals surface area contributed by atoms with Crippen LogP contribution in [0, 0.1) is 0 Å². The molecule has 0 amide bonds. The summed E-state index contributed by atoms with van der Waals surface area (Å²) in [5, 5.41) is 6.95. The first-order valence-corrected chi connectivity index (χ1v) is 9.49. The Hall–Kier alpha value is -0.540. The van der Waals surface area contributed by atoms with Crippen LogP contribution in [0.15, 0.2) is 33.7 Å². The van der Waals surface area contributed by atoms with Gasteiger partial charge in [0.2, 0.25) is 0 Å². The molecule has 0 bridgehead atoms. The van der Waals surface area contributed by atoms with Crippen molar-refractivity contribution in [3.63, 3.8) is 0 Å². The van der Waals surface area contributed by atoms with Crippen LogP contribution in [0.4, 0.5) is 5.69 Å². The minimum atomic E-state index is 0. The van der Waals surface area contributed by atoms with E-state index >= 15 is 0 Å². The summed E-state index contributed by atoms with van der Waals surface area (Å²) < 4.78 is 6.19. The number of hydrogen-bond acceptors (Lipinski definition) is 3. The van der Waals surface area contributed by atoms with Crippen molar-refractivity contribution in [3.8, 4) is 0 Å². The van der Waals surface area contributed by atoms with E-state index in [1.807, 2.05) is 7.05 Å². The van der Waals surface area contributed by atoms with E-state index < -0.39 is 0 Å². The molecule has 2 N–H and O–H groups in total. The number of nitrogens with one attached hydrogen (secondary N) is 2. The standard InChI is InChI=1S/C18H29BrN4O.HI/c1-20-18(21-11-4-3-5-13-24-2)22-16-10-12-23(14-16)17-8-6-15(19)7-9-17;/h6-9,16H,3-5,10-14H2,1-2H3,(H2,20,21,22);1H. The van der Waals surface area contributed by atoms with Crippen molar-refractivity contribution in [3.05, 3.63) is 28.7 Å². The molecule has 1 fully saturated rings. The van der Waals surface area contributed by atoms with Gasteiger partial charge in [0.25, 0.3) is 0 Å². The fourth-order valence-electron chi connectivity index (χ4n) is 2.91. The number of unbranched alkanes of at least 4 members (excludes halogenated alkanes) is 2. The zero-order chi connectivity index (χ0) is 17.2. The number of ether oxygens (including phenoxy) is 1. The Morgan fingerprint density at radius 2 is 2.04 bits per heavy atom. The number of rotatable bonds is 8. The van der Waals surface area contributed by atoms with Gasteiger partial charge in [-0.05, 0) is 49.9 Å². The van der Waals surface area contributed by atoms with Crippen LogP contribution in [0.1, 0.15) is 25.7 Å². The summed E-state index contributed by atoms with van der Waals surface area (Å²) in [4.78, 5) is 6.76. The maximum Gasteiger partial charge on any atom is 0.191 e. The van der Waals surface area contributed by atoms with E-state index in [4.69, 9.17) is 4.74 Å². The monoisotopic (exact) mass is 524 g/mol. The lowest BCUT2D eigenvalue weighted by atomic mass is 10.2. The van der Waals surface area contributed by atoms with E-state index in [-0.39, 0.29) is 24.0 Å². The number of hydrogen-bond donors (Lipinski definition) is 2. The third-order valence-electron chi connectivity index (χ3n) is 4.26. The van der Waals surface area contributed by atoms with Gasteiger partial charge < -0.3 is 20.3 Å². The van der Waals surface area contributed by atoms with Crippen LogP contribution in [-0.4, -0.2) is 52.4 Å². The molecular weight excluding hydrogens is 495 g/mol. The molecule has 7 heteroatoms. The molecule has 0 radical (unpaired) electrons. The van der Waals surface area contributed by atoms with Crippen LogP contribution < -0.4 is 15.5 Å². The molecule has 0 spiro atoms. The van der Waals surface area contributed by atoms with Crippen LogP contribution in [-0.2, 0) is 4.74 Å². The molecule has 1 heterocycles. The number of benzene rings is 1. The number of guanidine groups is 1. The minimum Gasteiger partial charge on any atom is -0.385 e. The molecule has 0 saturated carbocycles. The first kappa shape index (κ1) is 22.5. The number of aliphatic imine (C=N–C) groups is 1. The topological polar surface area (TPSA) is 48.9 Å². The minimum absolute atomic E-state index is 0. The number of anilines is 1. The van der Waals surface area contributed by atoms with Crippen LogP contribution >= 0.6 is 39.9 Å². The maximum absolute atomic E-state index is 5.07. The first-order valence-electron chi connectivity index (χ1n) is 8.69. The predicted octanol–water partition coefficient (Wildman–Crippen LogP) is 3.63. The normalized spacial score (nSPS) is 17.3. The highest BCUT2D eigenvalue weighted by Crippen LogP contribution is 2.22. The van der Waals surface area contributed by atoms with Gasteiger partial charge in [-0.15, -0.1) is 24.0 Å². The highest BCUT2D eigenvalue weighted by atomic mass is 127. The van der Waals surface area contributed by atoms with Crippen LogP contribution in [0.25, 0.3) is 0 Å². The van der Waals surface area contributed by atoms with Crippen molar-refractivity contribution in [2.75, 3.05) is 45.3 Å². The van der Waals surface area contributed by atoms with Crippen LogP contribution in [0.5, 0.6) is 0 Å². The summed E-state index contributed by atoms with van der Waals surface area (Å²) in [5.74, 6) is 0.907. The summed E-state index contributed by atoms with van der Waals surface area (Å²) in [6, 6.07) is 8.97. The Kier molecular flexibility index (Phi) is 11.5. The molecule has 5 nitrogen and oxygen atoms in total. The van der Waals surface area contributed by atoms with E-state index in [0.717, 1.165) is 55.9 Å². The van der Waals surface area contributed by atoms with Gasteiger partial charge in [0, 0.05) is 56.6 Å². The Labute approximate surface area is 177 Å². The molecule has 25 heavy (non-hydrogen) atoms. The largest absolute Gasteiger partial charge is 0.385 e. The fourth-order valence-corrected chi connectivity index (χ4v) is 3.17. The predicted molar refractivity (Wildman–Crippen MR) is 120 cm³/mol. The lowest BCUT2D eigenvalue weighted by Crippen LogP contribution is -2.44. The van der Waals surface area contributed by atoms with Crippen molar-refractivity contribution in [1.82, 2.24) is 10.6 Å². The summed E-state index contributed by atoms with van der Waals surface area (Å²) in [5.41, 5.74) is 1.28. The Morgan fingerprint density at radius 1 is 1.28 bits per heavy atom. The van der Waals surface area contributed by atoms with Gasteiger partial charge in [0.1, 0.15) is 0 Å². The Balaban J connectivity index is 0.00000312. The van der Waals surface area contributed by atoms with Crippen molar-refractivity contribution >= 4 is 51.6 Å². The van der Waals surface area contributed by atoms with Gasteiger partial charge >= 0.3 is 0 Å². The zero-order valence-corrected chi connectivity index (χ0v) is 19.0. The second kappa shape index (κ2) is 12.8. The molecule has 0 aromatic heterocycles. The van der Waals surface area contributed by atoms with Crippen LogP contribution in [0.2, 0.25) is 0 Å². The number of methoxy groups -OCH3 is 1. The SMILES string of the molecule is CN=C(NCCCCCOC)NC1CCN(c2ccc(Br)cc2)C1.I. The first-order chi connectivity index (χ1) is 11.7. The van der Waals surface area contributed by atoms with Crippen molar-refractivity contribution in [1.29, 1.82) is 0 Å². The number of nitrogens with zero attached hydrogens (tertiary/aromatic N) is 2. The van der Waals surface area contributed by atoms with Crippen molar-refractivity contribution < 1.29 is 4.74 Å². The van der Waals surface area contributed by atoms with E-state index in [1.165, 1.54) is 12.1 Å². The van der Waals surface area contributed by atoms with Gasteiger partial charge in [-0.2, -0.15) is 0 Å². The molecule has 1 aromatic carbocycles. The molecule has 1 aliphatic heterocycles. The lowest BCUT2D eigenvalue weighted by Gasteiger charge is -2.20. The number of halogens is 2. The van der Waals surface area contributed by atoms with Gasteiger partial charge in [0.15, 0.2) is 5.96 Å². The molecule has 1 unspecified atom stereocenters. The second-order valence-electron chi connectivity index (χ2n) is 6.10. The summed E-state index contributed by atoms with van der Waals surface area (Å²) in [6.07, 6.45) is 4.57. The van der Waals surface area contributed by atoms with Crippen LogP contribution in [0.3, 0.4) is 0 Å². The summed E-state index contributed by atoms with van der Waals surface area (Å²) in [6.45, 7) is 3.89. The van der Waals surface area contributed by atoms with E-state index in [2.05, 4.69) is 60.7 Å². The van der Waals surface area contributed by atoms with Crippen molar-refractivity contribution in [2.24, 2.45) is 4.99 Å². The summed E-state index contributed by atoms with van der Waals surface area (Å²) in [7, 11) is 3.59. The molecule has 1 saturated heterocycles. The average Bonchev–Trinajstić information content (AvgIpc) is 3.06. The summed E-state index contributed by atoms with van der Waals surface area (Å²) >= 11 is 3.49. The maximum atomic E-state index is 5.07. The quantitative estimate of drug-likeness (QED) is 0.236. The molecule has 0 aliphatic carbocycles. The third kappa shape index (κ3) is 8.13. The Morgan fingerprint density at radius 3 is 2.72 bits per heavy atom. The Bertz CT molecular complexity index is 512. The zero-order valence-electron chi connectivity index (χ0n) is 15.1. The smallest absolute Gasteiger partial charge is 0.191 e. The second-order valence-corrected chi connectivity index (χ2v) is 7.02. The lowest BCUT2D eigenvalue weighted by molar-refractivity contribution is 0.192. The highest BCUT2D eigenvalue weighted by molar-refractivity contribution is 14.0. The molecule has 1 aliphatic rings. The average molecular weight is 525 g/mol. The van der Waals surface area contributed by atoms with Gasteiger partial charge in [-0.3, -0.25) is 4.99 Å². The third-order valence-corrected chi connectivity index (χ3v) is 4.79. The van der Waals surface area contributed by atoms with E-state index in [9.17, 15) is 0 Å². The molecular formula is C18H30BrIN4O. The van der Waals surface area contributed by atoms with E-state index in [1.54, 1.807) is 7.11 Å². The fraction of sp³-hybridized carbons (Fsp3) is 0.611. The molecule has 1 aromatic rings. The highest BCUT2D eigenvalue weighted by Gasteiger charge is 2.23. The van der Waals surface area contributed by atoms with Gasteiger partial charge in [0.05, 0.1) is 0 Å². The molecule has 1 atom stereocenters. The van der Waals surface area contributed by atoms with Gasteiger partial charge in [-0.25, -0.2) is 0 Å². The van der Waals surface area contributed by atoms with Crippen molar-refractivity contribution in [2.45, 2.75) is 31.7 Å². The van der Waals surface area contributed by atoms with Gasteiger partial charge in [-0.1, -0.05) is 15.9 Å².